The van der Waals surface area contributed by atoms with Crippen LogP contribution in [0, 0.1) is 0 Å². The van der Waals surface area contributed by atoms with Crippen LogP contribution in [-0.4, -0.2) is 15.0 Å². The zero-order valence-corrected chi connectivity index (χ0v) is 33.6. The molecule has 0 atom stereocenters. The average molecular weight is 792 g/mol. The minimum atomic E-state index is -0.570. The predicted molar refractivity (Wildman–Crippen MR) is 252 cm³/mol. The summed E-state index contributed by atoms with van der Waals surface area (Å²) < 4.78 is 6.41. The molecule has 0 bridgehead atoms. The van der Waals surface area contributed by atoms with E-state index in [2.05, 4.69) is 200 Å². The summed E-state index contributed by atoms with van der Waals surface area (Å²) in [5.41, 5.74) is 15.3. The molecule has 2 aromatic heterocycles. The molecule has 0 fully saturated rings. The summed E-state index contributed by atoms with van der Waals surface area (Å²) in [6.45, 7) is 0. The molecule has 0 spiro atoms. The molecule has 1 aliphatic carbocycles. The maximum atomic E-state index is 6.41. The molecule has 4 heteroatoms. The number of hydrogen-bond donors (Lipinski definition) is 0. The Hall–Kier alpha value is -8.21. The number of hydrogen-bond acceptors (Lipinski definition) is 4. The van der Waals surface area contributed by atoms with Gasteiger partial charge in [0.15, 0.2) is 17.5 Å². The maximum Gasteiger partial charge on any atom is 0.164 e. The summed E-state index contributed by atoms with van der Waals surface area (Å²) in [4.78, 5) is 16.4. The Morgan fingerprint density at radius 2 is 0.790 bits per heavy atom. The molecule has 0 saturated carbocycles. The maximum absolute atomic E-state index is 6.41. The quantitative estimate of drug-likeness (QED) is 0.161. The molecule has 12 rings (SSSR count). The average Bonchev–Trinajstić information content (AvgIpc) is 3.89. The third-order valence-electron chi connectivity index (χ3n) is 12.4. The normalized spacial score (nSPS) is 12.6. The summed E-state index contributed by atoms with van der Waals surface area (Å²) in [6.07, 6.45) is 0. The molecule has 9 aromatic carbocycles. The molecule has 4 nitrogen and oxygen atoms in total. The summed E-state index contributed by atoms with van der Waals surface area (Å²) in [6, 6.07) is 79.3. The highest BCUT2D eigenvalue weighted by Gasteiger charge is 2.47. The van der Waals surface area contributed by atoms with Gasteiger partial charge in [-0.1, -0.05) is 194 Å². The summed E-state index contributed by atoms with van der Waals surface area (Å²) in [7, 11) is 0. The van der Waals surface area contributed by atoms with Crippen molar-refractivity contribution in [3.8, 4) is 67.5 Å². The first-order chi connectivity index (χ1) is 30.7. The standard InChI is InChI=1S/C58H37N3O/c1-5-19-38(20-6-1)40-35-41(39-21-7-2-8-22-39)37-42(36-40)55-59-56(61-57(60-55)48-30-18-34-52-54(48)46-28-14-16-33-51(46)62-52)47-29-17-32-50-53(47)45-27-13-15-31-49(45)58(50,43-23-9-3-10-24-43)44-25-11-4-12-26-44/h1-37H. The van der Waals surface area contributed by atoms with Crippen molar-refractivity contribution in [2.75, 3.05) is 0 Å². The SMILES string of the molecule is c1ccc(-c2cc(-c3ccccc3)cc(-c3nc(-c4cccc5c4-c4ccccc4C5(c4ccccc4)c4ccccc4)nc(-c4cccc5oc6ccccc6c45)n3)c2)cc1. The fraction of sp³-hybridized carbons (Fsp3) is 0.0172. The van der Waals surface area contributed by atoms with Gasteiger partial charge in [-0.2, -0.15) is 0 Å². The Balaban J connectivity index is 1.17. The first-order valence-corrected chi connectivity index (χ1v) is 21.0. The number of furan rings is 1. The lowest BCUT2D eigenvalue weighted by atomic mass is 9.67. The lowest BCUT2D eigenvalue weighted by molar-refractivity contribution is 0.669. The van der Waals surface area contributed by atoms with Crippen LogP contribution in [0.2, 0.25) is 0 Å². The summed E-state index contributed by atoms with van der Waals surface area (Å²) >= 11 is 0. The molecule has 0 aliphatic heterocycles. The molecule has 11 aromatic rings. The van der Waals surface area contributed by atoms with Gasteiger partial charge in [-0.25, -0.2) is 15.0 Å². The lowest BCUT2D eigenvalue weighted by Gasteiger charge is -2.33. The van der Waals surface area contributed by atoms with Crippen LogP contribution in [0.25, 0.3) is 89.5 Å². The van der Waals surface area contributed by atoms with Crippen LogP contribution in [0.5, 0.6) is 0 Å². The van der Waals surface area contributed by atoms with E-state index < -0.39 is 5.41 Å². The molecule has 0 N–H and O–H groups in total. The number of fused-ring (bicyclic) bond motifs is 6. The minimum absolute atomic E-state index is 0.570. The summed E-state index contributed by atoms with van der Waals surface area (Å²) in [5, 5.41) is 1.99. The molecule has 0 amide bonds. The zero-order chi connectivity index (χ0) is 41.0. The van der Waals surface area contributed by atoms with Crippen molar-refractivity contribution in [2.24, 2.45) is 0 Å². The predicted octanol–water partition coefficient (Wildman–Crippen LogP) is 14.5. The van der Waals surface area contributed by atoms with Gasteiger partial charge in [-0.3, -0.25) is 0 Å². The molecular weight excluding hydrogens is 755 g/mol. The van der Waals surface area contributed by atoms with Crippen molar-refractivity contribution >= 4 is 21.9 Å². The number of aromatic nitrogens is 3. The first-order valence-electron chi connectivity index (χ1n) is 21.0. The van der Waals surface area contributed by atoms with E-state index in [1.807, 2.05) is 24.3 Å². The number of nitrogens with zero attached hydrogens (tertiary/aromatic N) is 3. The van der Waals surface area contributed by atoms with E-state index in [9.17, 15) is 0 Å². The smallest absolute Gasteiger partial charge is 0.164 e. The fourth-order valence-electron chi connectivity index (χ4n) is 9.74. The molecule has 2 heterocycles. The molecule has 0 saturated heterocycles. The Labute approximate surface area is 359 Å². The molecular formula is C58H37N3O. The van der Waals surface area contributed by atoms with Gasteiger partial charge < -0.3 is 4.42 Å². The van der Waals surface area contributed by atoms with Gasteiger partial charge >= 0.3 is 0 Å². The van der Waals surface area contributed by atoms with Gasteiger partial charge in [0, 0.05) is 27.5 Å². The molecule has 1 aliphatic rings. The Bertz CT molecular complexity index is 3350. The van der Waals surface area contributed by atoms with E-state index >= 15 is 0 Å². The Morgan fingerprint density at radius 3 is 1.47 bits per heavy atom. The topological polar surface area (TPSA) is 51.8 Å². The zero-order valence-electron chi connectivity index (χ0n) is 33.6. The van der Waals surface area contributed by atoms with Crippen molar-refractivity contribution < 1.29 is 4.42 Å². The number of para-hydroxylation sites is 1. The van der Waals surface area contributed by atoms with E-state index in [0.29, 0.717) is 17.5 Å². The van der Waals surface area contributed by atoms with Gasteiger partial charge in [-0.15, -0.1) is 0 Å². The van der Waals surface area contributed by atoms with Crippen molar-refractivity contribution in [1.29, 1.82) is 0 Å². The molecule has 290 valence electrons. The highest BCUT2D eigenvalue weighted by Crippen LogP contribution is 2.58. The van der Waals surface area contributed by atoms with Crippen molar-refractivity contribution in [3.63, 3.8) is 0 Å². The van der Waals surface area contributed by atoms with Crippen LogP contribution < -0.4 is 0 Å². The minimum Gasteiger partial charge on any atom is -0.456 e. The lowest BCUT2D eigenvalue weighted by Crippen LogP contribution is -2.28. The van der Waals surface area contributed by atoms with Crippen molar-refractivity contribution in [1.82, 2.24) is 15.0 Å². The van der Waals surface area contributed by atoms with Gasteiger partial charge in [-0.05, 0) is 86.0 Å². The highest BCUT2D eigenvalue weighted by atomic mass is 16.3. The molecule has 62 heavy (non-hydrogen) atoms. The first kappa shape index (κ1) is 35.7. The van der Waals surface area contributed by atoms with Crippen LogP contribution in [0.1, 0.15) is 22.3 Å². The van der Waals surface area contributed by atoms with Gasteiger partial charge in [0.25, 0.3) is 0 Å². The Morgan fingerprint density at radius 1 is 0.323 bits per heavy atom. The largest absolute Gasteiger partial charge is 0.456 e. The van der Waals surface area contributed by atoms with E-state index in [4.69, 9.17) is 19.4 Å². The van der Waals surface area contributed by atoms with Gasteiger partial charge in [0.1, 0.15) is 11.2 Å². The second-order valence-electron chi connectivity index (χ2n) is 15.9. The second kappa shape index (κ2) is 14.5. The molecule has 0 unspecified atom stereocenters. The van der Waals surface area contributed by atoms with E-state index in [1.54, 1.807) is 0 Å². The van der Waals surface area contributed by atoms with Crippen LogP contribution in [0.4, 0.5) is 0 Å². The fourth-order valence-corrected chi connectivity index (χ4v) is 9.74. The van der Waals surface area contributed by atoms with Crippen LogP contribution >= 0.6 is 0 Å². The van der Waals surface area contributed by atoms with Crippen LogP contribution in [0.3, 0.4) is 0 Å². The molecule has 0 radical (unpaired) electrons. The number of benzene rings is 9. The monoisotopic (exact) mass is 791 g/mol. The number of rotatable bonds is 7. The van der Waals surface area contributed by atoms with Crippen molar-refractivity contribution in [2.45, 2.75) is 5.41 Å². The third kappa shape index (κ3) is 5.65. The van der Waals surface area contributed by atoms with Crippen LogP contribution in [-0.2, 0) is 5.41 Å². The van der Waals surface area contributed by atoms with E-state index in [-0.39, 0.29) is 0 Å². The Kier molecular flexibility index (Phi) is 8.36. The summed E-state index contributed by atoms with van der Waals surface area (Å²) in [5.74, 6) is 1.77. The second-order valence-corrected chi connectivity index (χ2v) is 15.9. The van der Waals surface area contributed by atoms with Crippen LogP contribution in [0.15, 0.2) is 229 Å². The van der Waals surface area contributed by atoms with Gasteiger partial charge in [0.2, 0.25) is 0 Å². The van der Waals surface area contributed by atoms with E-state index in [1.165, 1.54) is 22.3 Å². The third-order valence-corrected chi connectivity index (χ3v) is 12.4. The highest BCUT2D eigenvalue weighted by molar-refractivity contribution is 6.12. The van der Waals surface area contributed by atoms with Gasteiger partial charge in [0.05, 0.1) is 5.41 Å². The van der Waals surface area contributed by atoms with E-state index in [0.717, 1.165) is 72.0 Å². The van der Waals surface area contributed by atoms with Crippen molar-refractivity contribution in [3.05, 3.63) is 247 Å².